The van der Waals surface area contributed by atoms with Gasteiger partial charge in [0.2, 0.25) is 5.91 Å². The summed E-state index contributed by atoms with van der Waals surface area (Å²) in [5, 5.41) is 12.4. The molecule has 0 unspecified atom stereocenters. The topological polar surface area (TPSA) is 65.8 Å². The Bertz CT molecular complexity index is 907. The summed E-state index contributed by atoms with van der Waals surface area (Å²) in [6.45, 7) is 3.78. The molecule has 1 heterocycles. The average Bonchev–Trinajstić information content (AvgIpc) is 2.96. The van der Waals surface area contributed by atoms with Crippen molar-refractivity contribution in [2.24, 2.45) is 0 Å². The number of hydrogen-bond donors (Lipinski definition) is 1. The van der Waals surface area contributed by atoms with Gasteiger partial charge in [-0.15, -0.1) is 0 Å². The van der Waals surface area contributed by atoms with Crippen molar-refractivity contribution in [3.63, 3.8) is 0 Å². The van der Waals surface area contributed by atoms with Gasteiger partial charge in [-0.25, -0.2) is 4.98 Å². The zero-order valence-corrected chi connectivity index (χ0v) is 13.6. The SMILES string of the molecule is CC(C)(C(=O)Nc1nc2ccc(C#N)cc2s1)c1ccccc1. The molecule has 0 saturated carbocycles. The van der Waals surface area contributed by atoms with Gasteiger partial charge in [0.25, 0.3) is 0 Å². The van der Waals surface area contributed by atoms with E-state index in [2.05, 4.69) is 16.4 Å². The molecule has 0 aliphatic heterocycles. The van der Waals surface area contributed by atoms with Crippen molar-refractivity contribution < 1.29 is 4.79 Å². The van der Waals surface area contributed by atoms with Crippen molar-refractivity contribution >= 4 is 32.6 Å². The average molecular weight is 321 g/mol. The quantitative estimate of drug-likeness (QED) is 0.790. The second-order valence-electron chi connectivity index (χ2n) is 5.76. The van der Waals surface area contributed by atoms with Crippen LogP contribution in [0, 0.1) is 11.3 Å². The lowest BCUT2D eigenvalue weighted by molar-refractivity contribution is -0.120. The van der Waals surface area contributed by atoms with E-state index in [-0.39, 0.29) is 5.91 Å². The van der Waals surface area contributed by atoms with Gasteiger partial charge in [0.05, 0.1) is 27.3 Å². The summed E-state index contributed by atoms with van der Waals surface area (Å²) >= 11 is 1.37. The van der Waals surface area contributed by atoms with Gasteiger partial charge in [-0.3, -0.25) is 4.79 Å². The molecule has 1 N–H and O–H groups in total. The van der Waals surface area contributed by atoms with Gasteiger partial charge in [0.15, 0.2) is 5.13 Å². The fourth-order valence-electron chi connectivity index (χ4n) is 2.29. The molecule has 0 saturated heterocycles. The molecule has 0 aliphatic rings. The molecule has 0 atom stereocenters. The van der Waals surface area contributed by atoms with Crippen molar-refractivity contribution in [3.05, 3.63) is 59.7 Å². The Hall–Kier alpha value is -2.71. The van der Waals surface area contributed by atoms with E-state index in [1.807, 2.05) is 44.2 Å². The van der Waals surface area contributed by atoms with Crippen LogP contribution in [-0.2, 0) is 10.2 Å². The van der Waals surface area contributed by atoms with Crippen LogP contribution in [-0.4, -0.2) is 10.9 Å². The molecule has 0 aliphatic carbocycles. The summed E-state index contributed by atoms with van der Waals surface area (Å²) in [5.41, 5.74) is 1.66. The number of thiazole rings is 1. The minimum Gasteiger partial charge on any atom is -0.301 e. The van der Waals surface area contributed by atoms with Crippen LogP contribution in [0.3, 0.4) is 0 Å². The Labute approximate surface area is 138 Å². The third-order valence-electron chi connectivity index (χ3n) is 3.80. The molecule has 0 fully saturated rings. The van der Waals surface area contributed by atoms with Crippen LogP contribution in [0.1, 0.15) is 25.0 Å². The Morgan fingerprint density at radius 2 is 1.96 bits per heavy atom. The van der Waals surface area contributed by atoms with Crippen LogP contribution in [0.5, 0.6) is 0 Å². The number of carbonyl (C=O) groups excluding carboxylic acids is 1. The monoisotopic (exact) mass is 321 g/mol. The number of carbonyl (C=O) groups is 1. The van der Waals surface area contributed by atoms with Crippen LogP contribution in [0.25, 0.3) is 10.2 Å². The lowest BCUT2D eigenvalue weighted by atomic mass is 9.84. The molecule has 2 aromatic carbocycles. The van der Waals surface area contributed by atoms with E-state index in [1.54, 1.807) is 18.2 Å². The second-order valence-corrected chi connectivity index (χ2v) is 6.79. The fraction of sp³-hybridized carbons (Fsp3) is 0.167. The van der Waals surface area contributed by atoms with E-state index < -0.39 is 5.41 Å². The van der Waals surface area contributed by atoms with Gasteiger partial charge in [-0.1, -0.05) is 41.7 Å². The lowest BCUT2D eigenvalue weighted by Gasteiger charge is -2.23. The molecule has 1 aromatic heterocycles. The third kappa shape index (κ3) is 2.94. The molecule has 0 spiro atoms. The predicted octanol–water partition coefficient (Wildman–Crippen LogP) is 4.08. The second kappa shape index (κ2) is 5.82. The van der Waals surface area contributed by atoms with E-state index >= 15 is 0 Å². The Balaban J connectivity index is 1.87. The maximum Gasteiger partial charge on any atom is 0.236 e. The highest BCUT2D eigenvalue weighted by Crippen LogP contribution is 2.29. The number of fused-ring (bicyclic) bond motifs is 1. The van der Waals surface area contributed by atoms with Crippen molar-refractivity contribution in [1.29, 1.82) is 5.26 Å². The fourth-order valence-corrected chi connectivity index (χ4v) is 3.19. The number of anilines is 1. The summed E-state index contributed by atoms with van der Waals surface area (Å²) in [7, 11) is 0. The highest BCUT2D eigenvalue weighted by atomic mass is 32.1. The Kier molecular flexibility index (Phi) is 3.85. The zero-order valence-electron chi connectivity index (χ0n) is 12.8. The van der Waals surface area contributed by atoms with Crippen LogP contribution in [0.15, 0.2) is 48.5 Å². The summed E-state index contributed by atoms with van der Waals surface area (Å²) in [6, 6.07) is 17.1. The van der Waals surface area contributed by atoms with E-state index in [0.29, 0.717) is 10.7 Å². The Morgan fingerprint density at radius 1 is 1.22 bits per heavy atom. The first kappa shape index (κ1) is 15.2. The molecule has 3 rings (SSSR count). The van der Waals surface area contributed by atoms with E-state index in [1.165, 1.54) is 11.3 Å². The summed E-state index contributed by atoms with van der Waals surface area (Å²) in [4.78, 5) is 17.1. The molecule has 114 valence electrons. The maximum atomic E-state index is 12.6. The number of nitriles is 1. The van der Waals surface area contributed by atoms with Crippen molar-refractivity contribution in [2.45, 2.75) is 19.3 Å². The predicted molar refractivity (Wildman–Crippen MR) is 92.4 cm³/mol. The summed E-state index contributed by atoms with van der Waals surface area (Å²) < 4.78 is 0.886. The molecular weight excluding hydrogens is 306 g/mol. The number of rotatable bonds is 3. The van der Waals surface area contributed by atoms with Crippen LogP contribution in [0.4, 0.5) is 5.13 Å². The standard InChI is InChI=1S/C18H15N3OS/c1-18(2,13-6-4-3-5-7-13)16(22)21-17-20-14-9-8-12(11-19)10-15(14)23-17/h3-10H,1-2H3,(H,20,21,22). The van der Waals surface area contributed by atoms with Crippen LogP contribution < -0.4 is 5.32 Å². The number of nitrogens with one attached hydrogen (secondary N) is 1. The van der Waals surface area contributed by atoms with Gasteiger partial charge in [-0.2, -0.15) is 5.26 Å². The van der Waals surface area contributed by atoms with Crippen molar-refractivity contribution in [1.82, 2.24) is 4.98 Å². The highest BCUT2D eigenvalue weighted by molar-refractivity contribution is 7.22. The van der Waals surface area contributed by atoms with E-state index in [4.69, 9.17) is 5.26 Å². The molecule has 5 heteroatoms. The molecule has 0 bridgehead atoms. The molecule has 4 nitrogen and oxygen atoms in total. The number of nitrogens with zero attached hydrogens (tertiary/aromatic N) is 2. The largest absolute Gasteiger partial charge is 0.301 e. The van der Waals surface area contributed by atoms with Gasteiger partial charge < -0.3 is 5.32 Å². The normalized spacial score (nSPS) is 11.2. The van der Waals surface area contributed by atoms with Gasteiger partial charge >= 0.3 is 0 Å². The van der Waals surface area contributed by atoms with Crippen LogP contribution in [0.2, 0.25) is 0 Å². The van der Waals surface area contributed by atoms with E-state index in [0.717, 1.165) is 15.8 Å². The van der Waals surface area contributed by atoms with Gasteiger partial charge in [0, 0.05) is 0 Å². The first-order valence-electron chi connectivity index (χ1n) is 7.18. The first-order chi connectivity index (χ1) is 11.0. The third-order valence-corrected chi connectivity index (χ3v) is 4.73. The first-order valence-corrected chi connectivity index (χ1v) is 8.00. The Morgan fingerprint density at radius 3 is 2.65 bits per heavy atom. The van der Waals surface area contributed by atoms with Gasteiger partial charge in [-0.05, 0) is 37.6 Å². The number of hydrogen-bond acceptors (Lipinski definition) is 4. The minimum atomic E-state index is -0.656. The highest BCUT2D eigenvalue weighted by Gasteiger charge is 2.30. The molecule has 0 radical (unpaired) electrons. The molecular formula is C18H15N3OS. The molecule has 3 aromatic rings. The van der Waals surface area contributed by atoms with Crippen molar-refractivity contribution in [2.75, 3.05) is 5.32 Å². The number of benzene rings is 2. The summed E-state index contributed by atoms with van der Waals surface area (Å²) in [5.74, 6) is -0.108. The minimum absolute atomic E-state index is 0.108. The summed E-state index contributed by atoms with van der Waals surface area (Å²) in [6.07, 6.45) is 0. The number of amides is 1. The maximum absolute atomic E-state index is 12.6. The van der Waals surface area contributed by atoms with E-state index in [9.17, 15) is 4.79 Å². The van der Waals surface area contributed by atoms with Gasteiger partial charge in [0.1, 0.15) is 0 Å². The number of aromatic nitrogens is 1. The lowest BCUT2D eigenvalue weighted by Crippen LogP contribution is -2.34. The van der Waals surface area contributed by atoms with Crippen LogP contribution >= 0.6 is 11.3 Å². The molecule has 23 heavy (non-hydrogen) atoms. The molecule has 1 amide bonds. The smallest absolute Gasteiger partial charge is 0.236 e. The zero-order chi connectivity index (χ0) is 16.4. The van der Waals surface area contributed by atoms with Crippen molar-refractivity contribution in [3.8, 4) is 6.07 Å².